The summed E-state index contributed by atoms with van der Waals surface area (Å²) in [5.41, 5.74) is -0.259. The van der Waals surface area contributed by atoms with Crippen LogP contribution < -0.4 is 4.74 Å². The number of ether oxygens (including phenoxy) is 1. The first kappa shape index (κ1) is 21.4. The van der Waals surface area contributed by atoms with E-state index in [9.17, 15) is 35.1 Å². The van der Waals surface area contributed by atoms with Gasteiger partial charge < -0.3 is 4.74 Å². The van der Waals surface area contributed by atoms with Crippen LogP contribution in [-0.4, -0.2) is 12.5 Å². The minimum Gasteiger partial charge on any atom is -0.406 e. The molecule has 0 heterocycles. The van der Waals surface area contributed by atoms with Crippen LogP contribution in [0.25, 0.3) is 0 Å². The number of hydrogen-bond donors (Lipinski definition) is 0. The predicted octanol–water partition coefficient (Wildman–Crippen LogP) is 6.27. The summed E-state index contributed by atoms with van der Waals surface area (Å²) in [6.07, 6.45) is -5.10. The summed E-state index contributed by atoms with van der Waals surface area (Å²) in [6.45, 7) is 0. The number of halogens is 8. The Hall–Kier alpha value is -3.28. The van der Waals surface area contributed by atoms with E-state index in [1.165, 1.54) is 12.1 Å². The van der Waals surface area contributed by atoms with E-state index in [0.717, 1.165) is 24.3 Å². The number of benzene rings is 2. The van der Waals surface area contributed by atoms with E-state index in [2.05, 4.69) is 16.6 Å². The lowest BCUT2D eigenvalue weighted by Gasteiger charge is -2.21. The molecule has 9 heteroatoms. The highest BCUT2D eigenvalue weighted by Gasteiger charge is 2.32. The minimum absolute atomic E-state index is 0.0880. The van der Waals surface area contributed by atoms with E-state index in [1.807, 2.05) is 0 Å². The molecule has 0 saturated carbocycles. The molecule has 1 aliphatic rings. The van der Waals surface area contributed by atoms with E-state index in [-0.39, 0.29) is 11.1 Å². The first-order valence-electron chi connectivity index (χ1n) is 8.29. The minimum atomic E-state index is -4.84. The van der Waals surface area contributed by atoms with Crippen molar-refractivity contribution in [1.29, 1.82) is 0 Å². The Labute approximate surface area is 165 Å². The molecule has 1 nitrogen and oxygen atoms in total. The SMILES string of the molecule is FC1=CC(C#Cc2ccc(OC(F)(F)F)cc2)=CC(F)C1c1cc(F)c(F)c(F)c1. The van der Waals surface area contributed by atoms with Crippen LogP contribution in [0.2, 0.25) is 0 Å². The van der Waals surface area contributed by atoms with Crippen LogP contribution in [0.4, 0.5) is 35.1 Å². The summed E-state index contributed by atoms with van der Waals surface area (Å²) >= 11 is 0. The number of hydrogen-bond acceptors (Lipinski definition) is 1. The Kier molecular flexibility index (Phi) is 5.87. The van der Waals surface area contributed by atoms with Crippen molar-refractivity contribution in [2.45, 2.75) is 18.5 Å². The van der Waals surface area contributed by atoms with Gasteiger partial charge in [-0.3, -0.25) is 0 Å². The Balaban J connectivity index is 1.79. The Morgan fingerprint density at radius 1 is 0.867 bits per heavy atom. The average molecular weight is 430 g/mol. The van der Waals surface area contributed by atoms with Crippen LogP contribution in [0.1, 0.15) is 17.0 Å². The fourth-order valence-electron chi connectivity index (χ4n) is 2.77. The maximum atomic E-state index is 14.4. The molecule has 0 radical (unpaired) electrons. The number of allylic oxidation sites excluding steroid dienone is 4. The first-order valence-corrected chi connectivity index (χ1v) is 8.29. The monoisotopic (exact) mass is 430 g/mol. The smallest absolute Gasteiger partial charge is 0.406 e. The molecule has 2 atom stereocenters. The van der Waals surface area contributed by atoms with Crippen LogP contribution in [0, 0.1) is 29.3 Å². The van der Waals surface area contributed by atoms with Crippen molar-refractivity contribution in [3.8, 4) is 17.6 Å². The van der Waals surface area contributed by atoms with Crippen LogP contribution in [-0.2, 0) is 0 Å². The van der Waals surface area contributed by atoms with Gasteiger partial charge in [-0.05, 0) is 54.1 Å². The normalized spacial score (nSPS) is 18.8. The highest BCUT2D eigenvalue weighted by molar-refractivity contribution is 5.50. The second-order valence-electron chi connectivity index (χ2n) is 6.19. The zero-order valence-corrected chi connectivity index (χ0v) is 14.7. The molecule has 2 unspecified atom stereocenters. The molecule has 2 aromatic rings. The molecule has 0 amide bonds. The van der Waals surface area contributed by atoms with Crippen molar-refractivity contribution < 1.29 is 39.9 Å². The Morgan fingerprint density at radius 3 is 2.00 bits per heavy atom. The molecule has 0 aliphatic heterocycles. The molecule has 2 aromatic carbocycles. The largest absolute Gasteiger partial charge is 0.573 e. The van der Waals surface area contributed by atoms with Crippen molar-refractivity contribution in [2.75, 3.05) is 0 Å². The summed E-state index contributed by atoms with van der Waals surface area (Å²) in [5.74, 6) is -3.11. The van der Waals surface area contributed by atoms with Gasteiger partial charge in [0.1, 0.15) is 17.7 Å². The molecule has 0 spiro atoms. The van der Waals surface area contributed by atoms with E-state index >= 15 is 0 Å². The second-order valence-corrected chi connectivity index (χ2v) is 6.19. The van der Waals surface area contributed by atoms with Gasteiger partial charge in [0.05, 0.1) is 5.92 Å². The average Bonchev–Trinajstić information content (AvgIpc) is 2.64. The van der Waals surface area contributed by atoms with Gasteiger partial charge in [-0.15, -0.1) is 13.2 Å². The third-order valence-electron chi connectivity index (χ3n) is 4.05. The third-order valence-corrected chi connectivity index (χ3v) is 4.05. The van der Waals surface area contributed by atoms with Crippen molar-refractivity contribution in [3.63, 3.8) is 0 Å². The lowest BCUT2D eigenvalue weighted by molar-refractivity contribution is -0.274. The Morgan fingerprint density at radius 2 is 1.47 bits per heavy atom. The van der Waals surface area contributed by atoms with Gasteiger partial charge in [-0.1, -0.05) is 11.8 Å². The van der Waals surface area contributed by atoms with Crippen molar-refractivity contribution >= 4 is 0 Å². The highest BCUT2D eigenvalue weighted by Crippen LogP contribution is 2.37. The number of alkyl halides is 4. The van der Waals surface area contributed by atoms with Gasteiger partial charge in [-0.25, -0.2) is 22.0 Å². The van der Waals surface area contributed by atoms with Crippen LogP contribution in [0.15, 0.2) is 60.0 Å². The second kappa shape index (κ2) is 8.22. The van der Waals surface area contributed by atoms with E-state index in [1.54, 1.807) is 0 Å². The molecule has 0 fully saturated rings. The van der Waals surface area contributed by atoms with Gasteiger partial charge in [0.25, 0.3) is 0 Å². The molecule has 0 saturated heterocycles. The van der Waals surface area contributed by atoms with Gasteiger partial charge >= 0.3 is 6.36 Å². The molecular weight excluding hydrogens is 420 g/mol. The van der Waals surface area contributed by atoms with E-state index in [0.29, 0.717) is 12.1 Å². The molecule has 1 aliphatic carbocycles. The maximum Gasteiger partial charge on any atom is 0.573 e. The van der Waals surface area contributed by atoms with Gasteiger partial charge in [0.2, 0.25) is 0 Å². The van der Waals surface area contributed by atoms with Crippen LogP contribution >= 0.6 is 0 Å². The summed E-state index contributed by atoms with van der Waals surface area (Å²) in [4.78, 5) is 0. The molecule has 0 N–H and O–H groups in total. The molecule has 0 aromatic heterocycles. The van der Waals surface area contributed by atoms with Crippen molar-refractivity contribution in [1.82, 2.24) is 0 Å². The maximum absolute atomic E-state index is 14.4. The quantitative estimate of drug-likeness (QED) is 0.310. The summed E-state index contributed by atoms with van der Waals surface area (Å²) in [5, 5.41) is 0. The van der Waals surface area contributed by atoms with Crippen LogP contribution in [0.3, 0.4) is 0 Å². The fourth-order valence-corrected chi connectivity index (χ4v) is 2.77. The Bertz CT molecular complexity index is 1050. The summed E-state index contributed by atoms with van der Waals surface area (Å²) < 4.78 is 109. The molecule has 0 bridgehead atoms. The number of rotatable bonds is 2. The lowest BCUT2D eigenvalue weighted by Crippen LogP contribution is -2.17. The zero-order chi connectivity index (χ0) is 22.1. The first-order chi connectivity index (χ1) is 14.0. The predicted molar refractivity (Wildman–Crippen MR) is 91.2 cm³/mol. The third kappa shape index (κ3) is 5.00. The topological polar surface area (TPSA) is 9.23 Å². The van der Waals surface area contributed by atoms with E-state index < -0.39 is 53.0 Å². The highest BCUT2D eigenvalue weighted by atomic mass is 19.4. The summed E-state index contributed by atoms with van der Waals surface area (Å²) in [6, 6.07) is 5.51. The lowest BCUT2D eigenvalue weighted by atomic mass is 9.87. The van der Waals surface area contributed by atoms with Crippen molar-refractivity contribution in [2.24, 2.45) is 0 Å². The molecular formula is C21H10F8O. The van der Waals surface area contributed by atoms with Gasteiger partial charge in [0, 0.05) is 11.1 Å². The molecule has 30 heavy (non-hydrogen) atoms. The van der Waals surface area contributed by atoms with E-state index in [4.69, 9.17) is 0 Å². The molecule has 156 valence electrons. The molecule has 3 rings (SSSR count). The van der Waals surface area contributed by atoms with Gasteiger partial charge in [-0.2, -0.15) is 0 Å². The van der Waals surface area contributed by atoms with Gasteiger partial charge in [0.15, 0.2) is 17.5 Å². The van der Waals surface area contributed by atoms with Crippen LogP contribution in [0.5, 0.6) is 5.75 Å². The standard InChI is InChI=1S/C21H10F8O/c22-15-7-12(2-1-11-3-5-14(6-4-11)30-21(27,28)29)8-16(23)19(15)13-9-17(24)20(26)18(25)10-13/h3-10,15,19H. The van der Waals surface area contributed by atoms with Crippen molar-refractivity contribution in [3.05, 3.63) is 88.5 Å². The zero-order valence-electron chi connectivity index (χ0n) is 14.7. The fraction of sp³-hybridized carbons (Fsp3) is 0.143. The summed E-state index contributed by atoms with van der Waals surface area (Å²) in [7, 11) is 0.